The van der Waals surface area contributed by atoms with Gasteiger partial charge < -0.3 is 19.7 Å². The van der Waals surface area contributed by atoms with Gasteiger partial charge in [0.1, 0.15) is 12.4 Å². The highest BCUT2D eigenvalue weighted by Crippen LogP contribution is 2.20. The first-order valence-electron chi connectivity index (χ1n) is 8.29. The summed E-state index contributed by atoms with van der Waals surface area (Å²) in [5.74, 6) is 0.470. The summed E-state index contributed by atoms with van der Waals surface area (Å²) in [6, 6.07) is 7.73. The molecule has 132 valence electrons. The fourth-order valence-electron chi connectivity index (χ4n) is 2.73. The summed E-state index contributed by atoms with van der Waals surface area (Å²) in [7, 11) is 1.63. The van der Waals surface area contributed by atoms with E-state index in [4.69, 9.17) is 9.47 Å². The molecule has 1 saturated heterocycles. The van der Waals surface area contributed by atoms with Gasteiger partial charge in [0, 0.05) is 32.7 Å². The second kappa shape index (κ2) is 8.68. The van der Waals surface area contributed by atoms with Crippen molar-refractivity contribution in [3.05, 3.63) is 29.8 Å². The summed E-state index contributed by atoms with van der Waals surface area (Å²) in [4.78, 5) is 25.9. The van der Waals surface area contributed by atoms with Crippen molar-refractivity contribution in [1.29, 1.82) is 0 Å². The molecule has 0 bridgehead atoms. The number of amides is 2. The first kappa shape index (κ1) is 18.3. The van der Waals surface area contributed by atoms with Crippen molar-refractivity contribution in [3.8, 4) is 5.75 Å². The molecule has 0 aromatic heterocycles. The van der Waals surface area contributed by atoms with Crippen LogP contribution in [0, 0.1) is 5.92 Å². The minimum Gasteiger partial charge on any atom is -0.491 e. The Morgan fingerprint density at radius 2 is 2.17 bits per heavy atom. The fraction of sp³-hybridized carbons (Fsp3) is 0.556. The summed E-state index contributed by atoms with van der Waals surface area (Å²) in [5, 5.41) is 2.92. The van der Waals surface area contributed by atoms with E-state index in [9.17, 15) is 9.59 Å². The molecule has 2 rings (SSSR count). The molecule has 1 heterocycles. The largest absolute Gasteiger partial charge is 0.491 e. The fourth-order valence-corrected chi connectivity index (χ4v) is 2.73. The first-order chi connectivity index (χ1) is 11.5. The van der Waals surface area contributed by atoms with E-state index in [-0.39, 0.29) is 23.8 Å². The Labute approximate surface area is 143 Å². The van der Waals surface area contributed by atoms with Crippen molar-refractivity contribution < 1.29 is 19.1 Å². The van der Waals surface area contributed by atoms with Crippen molar-refractivity contribution in [3.63, 3.8) is 0 Å². The van der Waals surface area contributed by atoms with Crippen molar-refractivity contribution in [1.82, 2.24) is 10.2 Å². The number of carbonyl (C=O) groups excluding carboxylic acids is 2. The van der Waals surface area contributed by atoms with Crippen LogP contribution in [0.5, 0.6) is 5.75 Å². The normalized spacial score (nSPS) is 17.4. The van der Waals surface area contributed by atoms with Gasteiger partial charge in [0.25, 0.3) is 0 Å². The van der Waals surface area contributed by atoms with Crippen LogP contribution in [0.3, 0.4) is 0 Å². The first-order valence-corrected chi connectivity index (χ1v) is 8.29. The zero-order valence-corrected chi connectivity index (χ0v) is 14.6. The van der Waals surface area contributed by atoms with E-state index in [2.05, 4.69) is 5.32 Å². The van der Waals surface area contributed by atoms with Crippen LogP contribution in [0.4, 0.5) is 0 Å². The van der Waals surface area contributed by atoms with Gasteiger partial charge in [-0.25, -0.2) is 0 Å². The number of nitrogens with zero attached hydrogens (tertiary/aromatic N) is 1. The van der Waals surface area contributed by atoms with Gasteiger partial charge >= 0.3 is 0 Å². The van der Waals surface area contributed by atoms with Gasteiger partial charge in [-0.1, -0.05) is 12.1 Å². The molecule has 24 heavy (non-hydrogen) atoms. The highest BCUT2D eigenvalue weighted by atomic mass is 16.5. The Morgan fingerprint density at radius 3 is 2.83 bits per heavy atom. The van der Waals surface area contributed by atoms with E-state index in [0.717, 1.165) is 11.3 Å². The number of likely N-dealkylation sites (tertiary alicyclic amines) is 1. The number of carbonyl (C=O) groups is 2. The minimum atomic E-state index is -0.263. The standard InChI is InChI=1S/C18H26N2O4/c1-13(2)20-12-15(10-17(20)21)18(22)19-11-14-5-4-6-16(9-14)24-8-7-23-3/h4-6,9,13,15H,7-8,10-12H2,1-3H3,(H,19,22)/t15-/m1/s1. The lowest BCUT2D eigenvalue weighted by atomic mass is 10.1. The van der Waals surface area contributed by atoms with Gasteiger partial charge in [0.05, 0.1) is 12.5 Å². The van der Waals surface area contributed by atoms with E-state index in [1.807, 2.05) is 38.1 Å². The average molecular weight is 334 g/mol. The summed E-state index contributed by atoms with van der Waals surface area (Å²) in [5.41, 5.74) is 0.961. The Hall–Kier alpha value is -2.08. The number of hydrogen-bond acceptors (Lipinski definition) is 4. The molecule has 1 aliphatic rings. The van der Waals surface area contributed by atoms with Crippen molar-refractivity contribution in [2.45, 2.75) is 32.9 Å². The number of rotatable bonds is 8. The van der Waals surface area contributed by atoms with Crippen LogP contribution in [0.25, 0.3) is 0 Å². The molecule has 6 heteroatoms. The maximum absolute atomic E-state index is 12.3. The van der Waals surface area contributed by atoms with Gasteiger partial charge in [-0.3, -0.25) is 9.59 Å². The lowest BCUT2D eigenvalue weighted by Crippen LogP contribution is -2.35. The highest BCUT2D eigenvalue weighted by molar-refractivity contribution is 5.89. The summed E-state index contributed by atoms with van der Waals surface area (Å²) in [6.45, 7) is 5.88. The second-order valence-corrected chi connectivity index (χ2v) is 6.25. The maximum Gasteiger partial charge on any atom is 0.225 e. The molecule has 0 radical (unpaired) electrons. The third-order valence-electron chi connectivity index (χ3n) is 4.07. The number of ether oxygens (including phenoxy) is 2. The molecular weight excluding hydrogens is 308 g/mol. The SMILES string of the molecule is COCCOc1cccc(CNC(=O)[C@@H]2CC(=O)N(C(C)C)C2)c1. The van der Waals surface area contributed by atoms with Crippen LogP contribution in [-0.4, -0.2) is 49.6 Å². The minimum absolute atomic E-state index is 0.0543. The predicted molar refractivity (Wildman–Crippen MR) is 90.6 cm³/mol. The third-order valence-corrected chi connectivity index (χ3v) is 4.07. The molecule has 0 spiro atoms. The van der Waals surface area contributed by atoms with Crippen LogP contribution in [0.1, 0.15) is 25.8 Å². The van der Waals surface area contributed by atoms with Gasteiger partial charge in [0.15, 0.2) is 0 Å². The van der Waals surface area contributed by atoms with Gasteiger partial charge in [-0.15, -0.1) is 0 Å². The Bertz CT molecular complexity index is 574. The van der Waals surface area contributed by atoms with Crippen LogP contribution in [0.15, 0.2) is 24.3 Å². The van der Waals surface area contributed by atoms with Crippen molar-refractivity contribution in [2.75, 3.05) is 26.9 Å². The van der Waals surface area contributed by atoms with E-state index >= 15 is 0 Å². The Morgan fingerprint density at radius 1 is 1.38 bits per heavy atom. The average Bonchev–Trinajstić information content (AvgIpc) is 2.95. The molecule has 1 atom stereocenters. The molecule has 1 fully saturated rings. The molecule has 1 aromatic carbocycles. The molecular formula is C18H26N2O4. The number of methoxy groups -OCH3 is 1. The number of nitrogens with one attached hydrogen (secondary N) is 1. The van der Waals surface area contributed by atoms with E-state index in [1.54, 1.807) is 12.0 Å². The lowest BCUT2D eigenvalue weighted by Gasteiger charge is -2.20. The summed E-state index contributed by atoms with van der Waals surface area (Å²) >= 11 is 0. The molecule has 1 N–H and O–H groups in total. The van der Waals surface area contributed by atoms with Crippen LogP contribution in [-0.2, 0) is 20.9 Å². The topological polar surface area (TPSA) is 67.9 Å². The van der Waals surface area contributed by atoms with E-state index < -0.39 is 0 Å². The molecule has 0 unspecified atom stereocenters. The van der Waals surface area contributed by atoms with Crippen LogP contribution in [0.2, 0.25) is 0 Å². The van der Waals surface area contributed by atoms with Crippen molar-refractivity contribution in [2.24, 2.45) is 5.92 Å². The highest BCUT2D eigenvalue weighted by Gasteiger charge is 2.35. The molecule has 1 aromatic rings. The van der Waals surface area contributed by atoms with Gasteiger partial charge in [0.2, 0.25) is 11.8 Å². The van der Waals surface area contributed by atoms with Gasteiger partial charge in [-0.05, 0) is 31.5 Å². The van der Waals surface area contributed by atoms with Crippen LogP contribution < -0.4 is 10.1 Å². The molecule has 0 aliphatic carbocycles. The maximum atomic E-state index is 12.3. The zero-order valence-electron chi connectivity index (χ0n) is 14.6. The lowest BCUT2D eigenvalue weighted by molar-refractivity contribution is -0.129. The summed E-state index contributed by atoms with van der Waals surface area (Å²) in [6.07, 6.45) is 0.296. The number of hydrogen-bond donors (Lipinski definition) is 1. The summed E-state index contributed by atoms with van der Waals surface area (Å²) < 4.78 is 10.5. The molecule has 1 aliphatic heterocycles. The zero-order chi connectivity index (χ0) is 17.5. The van der Waals surface area contributed by atoms with E-state index in [0.29, 0.717) is 32.7 Å². The monoisotopic (exact) mass is 334 g/mol. The molecule has 0 saturated carbocycles. The van der Waals surface area contributed by atoms with E-state index in [1.165, 1.54) is 0 Å². The molecule has 6 nitrogen and oxygen atoms in total. The van der Waals surface area contributed by atoms with Crippen LogP contribution >= 0.6 is 0 Å². The van der Waals surface area contributed by atoms with Gasteiger partial charge in [-0.2, -0.15) is 0 Å². The Kier molecular flexibility index (Phi) is 6.61. The van der Waals surface area contributed by atoms with Crippen molar-refractivity contribution >= 4 is 11.8 Å². The second-order valence-electron chi connectivity index (χ2n) is 6.25. The Balaban J connectivity index is 1.84. The molecule has 2 amide bonds. The third kappa shape index (κ3) is 4.96. The smallest absolute Gasteiger partial charge is 0.225 e. The number of benzene rings is 1. The predicted octanol–water partition coefficient (Wildman–Crippen LogP) is 1.58. The quantitative estimate of drug-likeness (QED) is 0.733.